The number of nitrogens with zero attached hydrogens (tertiary/aromatic N) is 1. The first-order valence-electron chi connectivity index (χ1n) is 31.4. The van der Waals surface area contributed by atoms with Crippen molar-refractivity contribution in [2.24, 2.45) is 0 Å². The summed E-state index contributed by atoms with van der Waals surface area (Å²) in [5.74, 6) is 0. The fourth-order valence-corrected chi connectivity index (χ4v) is 36.2. The van der Waals surface area contributed by atoms with Gasteiger partial charge in [-0.15, -0.1) is 0 Å². The van der Waals surface area contributed by atoms with E-state index in [1.807, 2.05) is 18.2 Å². The van der Waals surface area contributed by atoms with Gasteiger partial charge < -0.3 is 0 Å². The van der Waals surface area contributed by atoms with Gasteiger partial charge in [-0.3, -0.25) is 0 Å². The lowest BCUT2D eigenvalue weighted by Crippen LogP contribution is -2.48. The quantitative estimate of drug-likeness (QED) is 0.0219. The molecular weight excluding hydrogens is 1070 g/mol. The zero-order valence-corrected chi connectivity index (χ0v) is 55.9. The summed E-state index contributed by atoms with van der Waals surface area (Å²) in [7, 11) is -8.32. The first-order chi connectivity index (χ1) is 37.9. The zero-order chi connectivity index (χ0) is 56.3. The molecule has 0 aromatic heterocycles. The molecule has 0 aliphatic heterocycles. The molecular formula is C68H104F3NP2SSi3. The largest absolute Gasteiger partial charge is 0.446 e. The van der Waals surface area contributed by atoms with E-state index in [1.54, 1.807) is 21.6 Å². The Morgan fingerprint density at radius 2 is 0.641 bits per heavy atom. The Bertz CT molecular complexity index is 2240. The third-order valence-corrected chi connectivity index (χ3v) is 40.1. The normalized spacial score (nSPS) is 13.0. The second-order valence-corrected chi connectivity index (χ2v) is 42.6. The molecule has 1 nitrogen and oxygen atoms in total. The van der Waals surface area contributed by atoms with Crippen LogP contribution in [0.4, 0.5) is 13.2 Å². The number of alkyl halides is 3. The lowest BCUT2D eigenvalue weighted by molar-refractivity contribution is -0.0327. The molecule has 78 heavy (non-hydrogen) atoms. The first kappa shape index (κ1) is 66.5. The lowest BCUT2D eigenvalue weighted by atomic mass is 10.2. The molecule has 0 saturated carbocycles. The van der Waals surface area contributed by atoms with Crippen molar-refractivity contribution < 1.29 is 13.2 Å². The van der Waals surface area contributed by atoms with Crippen LogP contribution >= 0.6 is 27.9 Å². The van der Waals surface area contributed by atoms with Crippen LogP contribution in [0.3, 0.4) is 0 Å². The van der Waals surface area contributed by atoms with E-state index in [-0.39, 0.29) is 11.8 Å². The Balaban J connectivity index is 1.90. The maximum absolute atomic E-state index is 15.0. The summed E-state index contributed by atoms with van der Waals surface area (Å²) in [5.41, 5.74) is -3.25. The smallest absolute Gasteiger partial charge is 0.240 e. The van der Waals surface area contributed by atoms with Gasteiger partial charge in [0.1, 0.15) is 0 Å². The molecule has 0 N–H and O–H groups in total. The molecule has 0 heterocycles. The maximum atomic E-state index is 15.0. The van der Waals surface area contributed by atoms with Gasteiger partial charge in [-0.1, -0.05) is 369 Å². The van der Waals surface area contributed by atoms with Crippen molar-refractivity contribution in [2.45, 2.75) is 249 Å². The summed E-state index contributed by atoms with van der Waals surface area (Å²) < 4.78 is 47.8. The SMILES string of the molecule is CCCC[Si](CCCC)(CCCC)c1ccc(P(c2ccc([Si](CCCC)(CCCC)CCCC)cc2)N(Cc2ccccc2)P(c2ccc([Si](CCCC)(CCCC)CCCC)cc2)c2ccccc2SC(F)(F)F)cc1. The average molecular weight is 1170 g/mol. The molecule has 1 unspecified atom stereocenters. The summed E-state index contributed by atoms with van der Waals surface area (Å²) >= 11 is 0.0726. The molecule has 1 atom stereocenters. The predicted octanol–water partition coefficient (Wildman–Crippen LogP) is 20.4. The van der Waals surface area contributed by atoms with Crippen molar-refractivity contribution in [3.63, 3.8) is 0 Å². The number of unbranched alkanes of at least 4 members (excludes halogenated alkanes) is 9. The molecule has 0 bridgehead atoms. The van der Waals surface area contributed by atoms with E-state index in [0.29, 0.717) is 11.4 Å². The van der Waals surface area contributed by atoms with E-state index >= 15 is 13.2 Å². The molecule has 5 aromatic carbocycles. The number of benzene rings is 5. The van der Waals surface area contributed by atoms with Gasteiger partial charge in [0.05, 0.1) is 24.2 Å². The number of halogens is 3. The van der Waals surface area contributed by atoms with E-state index in [1.165, 1.54) is 186 Å². The van der Waals surface area contributed by atoms with Gasteiger partial charge in [0.15, 0.2) is 0 Å². The van der Waals surface area contributed by atoms with Crippen LogP contribution in [0, 0.1) is 0 Å². The summed E-state index contributed by atoms with van der Waals surface area (Å²) in [6, 6.07) is 60.4. The fourth-order valence-electron chi connectivity index (χ4n) is 12.6. The van der Waals surface area contributed by atoms with Gasteiger partial charge >= 0.3 is 5.51 Å². The van der Waals surface area contributed by atoms with Crippen LogP contribution in [0.25, 0.3) is 0 Å². The van der Waals surface area contributed by atoms with Gasteiger partial charge in [0, 0.05) is 32.9 Å². The fraction of sp³-hybridized carbons (Fsp3) is 0.559. The van der Waals surface area contributed by atoms with Crippen LogP contribution in [-0.4, -0.2) is 34.2 Å². The lowest BCUT2D eigenvalue weighted by Gasteiger charge is -2.41. The average Bonchev–Trinajstić information content (AvgIpc) is 3.52. The van der Waals surface area contributed by atoms with Crippen LogP contribution in [0.5, 0.6) is 0 Å². The Labute approximate surface area is 485 Å². The Kier molecular flexibility index (Phi) is 29.8. The van der Waals surface area contributed by atoms with Crippen LogP contribution in [-0.2, 0) is 6.54 Å². The third kappa shape index (κ3) is 19.1. The van der Waals surface area contributed by atoms with Crippen molar-refractivity contribution in [1.82, 2.24) is 4.44 Å². The second kappa shape index (κ2) is 35.0. The van der Waals surface area contributed by atoms with E-state index in [2.05, 4.69) is 170 Å². The molecule has 0 aliphatic rings. The molecule has 0 saturated heterocycles. The highest BCUT2D eigenvalue weighted by molar-refractivity contribution is 8.01. The summed E-state index contributed by atoms with van der Waals surface area (Å²) in [6.45, 7) is 21.7. The molecule has 0 aliphatic carbocycles. The van der Waals surface area contributed by atoms with E-state index in [9.17, 15) is 0 Å². The third-order valence-electron chi connectivity index (χ3n) is 17.2. The summed E-state index contributed by atoms with van der Waals surface area (Å²) in [5, 5.41) is 9.27. The number of hydrogen-bond acceptors (Lipinski definition) is 2. The second-order valence-electron chi connectivity index (χ2n) is 23.1. The highest BCUT2D eigenvalue weighted by Crippen LogP contribution is 2.57. The number of thioether (sulfide) groups is 1. The summed E-state index contributed by atoms with van der Waals surface area (Å²) in [6.07, 6.45) is 22.4. The predicted molar refractivity (Wildman–Crippen MR) is 356 cm³/mol. The molecule has 0 radical (unpaired) electrons. The topological polar surface area (TPSA) is 3.24 Å². The van der Waals surface area contributed by atoms with Gasteiger partial charge in [-0.2, -0.15) is 13.2 Å². The van der Waals surface area contributed by atoms with E-state index < -0.39 is 45.9 Å². The monoisotopic (exact) mass is 1170 g/mol. The van der Waals surface area contributed by atoms with Crippen molar-refractivity contribution in [3.8, 4) is 0 Å². The maximum Gasteiger partial charge on any atom is 0.446 e. The van der Waals surface area contributed by atoms with Crippen LogP contribution in [0.15, 0.2) is 132 Å². The minimum atomic E-state index is -4.43. The van der Waals surface area contributed by atoms with Crippen molar-refractivity contribution in [1.29, 1.82) is 0 Å². The molecule has 430 valence electrons. The van der Waals surface area contributed by atoms with Crippen molar-refractivity contribution >= 4 is 88.9 Å². The zero-order valence-electron chi connectivity index (χ0n) is 50.3. The van der Waals surface area contributed by atoms with Gasteiger partial charge in [-0.05, 0) is 39.3 Å². The first-order valence-corrected chi connectivity index (χ1v) is 42.7. The standard InChI is InChI=1S/C68H104F3NP2SSi3/c1-10-19-49-76(50-20-11-2,51-21-12-3)63-43-37-60(38-44-63)73(61-39-45-64(46-40-61)77(52-22-13-4,53-23-14-5)54-24-15-6)72(58-59-33-29-28-30-34-59)74(66-35-31-32-36-67(66)75-68(69,70)71)62-41-47-65(48-42-62)78(55-25-16-7,56-26-17-8)57-27-18-9/h28-48H,10-27,49-58H2,1-9H3. The highest BCUT2D eigenvalue weighted by Gasteiger charge is 2.40. The van der Waals surface area contributed by atoms with Gasteiger partial charge in [0.25, 0.3) is 0 Å². The summed E-state index contributed by atoms with van der Waals surface area (Å²) in [4.78, 5) is 0.313. The number of hydrogen-bond donors (Lipinski definition) is 0. The molecule has 0 spiro atoms. The van der Waals surface area contributed by atoms with Crippen molar-refractivity contribution in [2.75, 3.05) is 0 Å². The van der Waals surface area contributed by atoms with Crippen LogP contribution in [0.2, 0.25) is 54.4 Å². The van der Waals surface area contributed by atoms with Gasteiger partial charge in [0.2, 0.25) is 0 Å². The Morgan fingerprint density at radius 3 is 0.936 bits per heavy atom. The van der Waals surface area contributed by atoms with Crippen molar-refractivity contribution in [3.05, 3.63) is 133 Å². The minimum absolute atomic E-state index is 0.0726. The molecule has 10 heteroatoms. The molecule has 0 fully saturated rings. The van der Waals surface area contributed by atoms with Gasteiger partial charge in [-0.25, -0.2) is 4.44 Å². The highest BCUT2D eigenvalue weighted by atomic mass is 32.2. The minimum Gasteiger partial charge on any atom is -0.240 e. The van der Waals surface area contributed by atoms with E-state index in [0.717, 1.165) is 10.6 Å². The number of rotatable bonds is 39. The molecule has 5 aromatic rings. The Morgan fingerprint density at radius 1 is 0.359 bits per heavy atom. The molecule has 0 amide bonds. The van der Waals surface area contributed by atoms with Crippen LogP contribution in [0.1, 0.15) is 183 Å². The van der Waals surface area contributed by atoms with Crippen LogP contribution < -0.4 is 36.8 Å². The Hall–Kier alpha value is -2.29. The van der Waals surface area contributed by atoms with E-state index in [4.69, 9.17) is 0 Å². The molecule has 5 rings (SSSR count).